The Kier molecular flexibility index (Phi) is 4.00. The Labute approximate surface area is 84.6 Å². The number of hydrogen-bond acceptors (Lipinski definition) is 3. The maximum absolute atomic E-state index is 11.1. The second-order valence-electron chi connectivity index (χ2n) is 4.15. The van der Waals surface area contributed by atoms with E-state index >= 15 is 0 Å². The van der Waals surface area contributed by atoms with Gasteiger partial charge in [0, 0.05) is 12.1 Å². The second kappa shape index (κ2) is 4.15. The Balaban J connectivity index is 0.00000144. The van der Waals surface area contributed by atoms with Gasteiger partial charge in [-0.3, -0.25) is 0 Å². The molecule has 0 aromatic carbocycles. The highest BCUT2D eigenvalue weighted by molar-refractivity contribution is 5.85. The maximum Gasteiger partial charge on any atom is 0.407 e. The van der Waals surface area contributed by atoms with E-state index in [4.69, 9.17) is 10.5 Å². The third-order valence-electron chi connectivity index (χ3n) is 1.54. The smallest absolute Gasteiger partial charge is 0.407 e. The summed E-state index contributed by atoms with van der Waals surface area (Å²) in [4.78, 5) is 11.1. The summed E-state index contributed by atoms with van der Waals surface area (Å²) in [7, 11) is 0. The lowest BCUT2D eigenvalue weighted by Crippen LogP contribution is -2.35. The van der Waals surface area contributed by atoms with Crippen molar-refractivity contribution in [1.82, 2.24) is 5.32 Å². The predicted octanol–water partition coefficient (Wildman–Crippen LogP) is 1.03. The van der Waals surface area contributed by atoms with E-state index in [0.29, 0.717) is 0 Å². The molecular formula is C8H17ClN2O2. The van der Waals surface area contributed by atoms with Crippen LogP contribution in [0.15, 0.2) is 0 Å². The minimum Gasteiger partial charge on any atom is -0.444 e. The van der Waals surface area contributed by atoms with Crippen LogP contribution in [0.25, 0.3) is 0 Å². The van der Waals surface area contributed by atoms with Gasteiger partial charge < -0.3 is 15.8 Å². The molecule has 0 bridgehead atoms. The first kappa shape index (κ1) is 12.5. The topological polar surface area (TPSA) is 64.3 Å². The van der Waals surface area contributed by atoms with Gasteiger partial charge in [0.2, 0.25) is 0 Å². The number of amides is 1. The number of ether oxygens (including phenoxy) is 1. The Morgan fingerprint density at radius 1 is 1.54 bits per heavy atom. The lowest BCUT2D eigenvalue weighted by Gasteiger charge is -2.19. The molecule has 1 fully saturated rings. The number of halogens is 1. The number of alkyl carbamates (subject to hydrolysis) is 1. The van der Waals surface area contributed by atoms with Crippen molar-refractivity contribution >= 4 is 18.5 Å². The number of nitrogens with one attached hydrogen (secondary N) is 1. The van der Waals surface area contributed by atoms with Crippen LogP contribution in [-0.2, 0) is 4.74 Å². The van der Waals surface area contributed by atoms with Crippen LogP contribution in [0.3, 0.4) is 0 Å². The summed E-state index contributed by atoms with van der Waals surface area (Å²) in [6, 6.07) is 0.248. The molecule has 0 spiro atoms. The Hall–Kier alpha value is -0.480. The third-order valence-corrected chi connectivity index (χ3v) is 1.54. The quantitative estimate of drug-likeness (QED) is 0.677. The molecule has 4 nitrogen and oxygen atoms in total. The zero-order chi connectivity index (χ0) is 9.35. The van der Waals surface area contributed by atoms with E-state index in [1.807, 2.05) is 20.8 Å². The van der Waals surface area contributed by atoms with Gasteiger partial charge in [-0.15, -0.1) is 12.4 Å². The van der Waals surface area contributed by atoms with E-state index in [1.165, 1.54) is 0 Å². The van der Waals surface area contributed by atoms with Crippen molar-refractivity contribution in [3.05, 3.63) is 0 Å². The monoisotopic (exact) mass is 208 g/mol. The maximum atomic E-state index is 11.1. The van der Waals surface area contributed by atoms with Gasteiger partial charge in [0.25, 0.3) is 0 Å². The number of carbonyl (C=O) groups excluding carboxylic acids is 1. The summed E-state index contributed by atoms with van der Waals surface area (Å²) >= 11 is 0. The van der Waals surface area contributed by atoms with E-state index in [0.717, 1.165) is 6.42 Å². The van der Waals surface area contributed by atoms with E-state index in [1.54, 1.807) is 0 Å². The van der Waals surface area contributed by atoms with Gasteiger partial charge in [0.05, 0.1) is 0 Å². The van der Waals surface area contributed by atoms with Crippen molar-refractivity contribution in [2.45, 2.75) is 44.9 Å². The Morgan fingerprint density at radius 3 is 2.31 bits per heavy atom. The molecule has 1 amide bonds. The molecule has 2 atom stereocenters. The summed E-state index contributed by atoms with van der Waals surface area (Å²) < 4.78 is 5.03. The fraction of sp³-hybridized carbons (Fsp3) is 0.875. The molecule has 0 aromatic heterocycles. The standard InChI is InChI=1S/C8H16N2O2.ClH/c1-8(2,3)12-7(11)10-6-4-5(6)9;/h5-6H,4,9H2,1-3H3,(H,10,11);1H/t5-,6-;/m0./s1. The molecule has 1 aliphatic rings. The fourth-order valence-electron chi connectivity index (χ4n) is 0.840. The van der Waals surface area contributed by atoms with Crippen LogP contribution in [0.4, 0.5) is 4.79 Å². The van der Waals surface area contributed by atoms with Crippen LogP contribution in [-0.4, -0.2) is 23.8 Å². The van der Waals surface area contributed by atoms with Crippen molar-refractivity contribution in [2.75, 3.05) is 0 Å². The highest BCUT2D eigenvalue weighted by Crippen LogP contribution is 2.18. The Morgan fingerprint density at radius 2 is 2.00 bits per heavy atom. The molecule has 1 aliphatic carbocycles. The van der Waals surface area contributed by atoms with Crippen LogP contribution in [0.2, 0.25) is 0 Å². The average Bonchev–Trinajstić information content (AvgIpc) is 2.40. The molecule has 1 saturated carbocycles. The first-order valence-electron chi connectivity index (χ1n) is 4.13. The molecular weight excluding hydrogens is 192 g/mol. The molecule has 0 heterocycles. The van der Waals surface area contributed by atoms with Gasteiger partial charge in [-0.1, -0.05) is 0 Å². The lowest BCUT2D eigenvalue weighted by molar-refractivity contribution is 0.0523. The number of carbonyl (C=O) groups is 1. The molecule has 0 saturated heterocycles. The average molecular weight is 209 g/mol. The van der Waals surface area contributed by atoms with Crippen LogP contribution >= 0.6 is 12.4 Å². The number of hydrogen-bond donors (Lipinski definition) is 2. The van der Waals surface area contributed by atoms with E-state index in [2.05, 4.69) is 5.32 Å². The lowest BCUT2D eigenvalue weighted by atomic mass is 10.2. The van der Waals surface area contributed by atoms with Crippen molar-refractivity contribution in [3.8, 4) is 0 Å². The fourth-order valence-corrected chi connectivity index (χ4v) is 0.840. The van der Waals surface area contributed by atoms with Crippen molar-refractivity contribution in [3.63, 3.8) is 0 Å². The van der Waals surface area contributed by atoms with Crippen molar-refractivity contribution < 1.29 is 9.53 Å². The minimum absolute atomic E-state index is 0. The highest BCUT2D eigenvalue weighted by Gasteiger charge is 2.35. The molecule has 3 N–H and O–H groups in total. The first-order chi connectivity index (χ1) is 5.38. The molecule has 1 rings (SSSR count). The van der Waals surface area contributed by atoms with Crippen molar-refractivity contribution in [2.24, 2.45) is 5.73 Å². The third kappa shape index (κ3) is 4.95. The summed E-state index contributed by atoms with van der Waals surface area (Å²) in [5.41, 5.74) is 5.08. The van der Waals surface area contributed by atoms with Gasteiger partial charge in [-0.2, -0.15) is 0 Å². The number of rotatable bonds is 1. The molecule has 0 unspecified atom stereocenters. The SMILES string of the molecule is CC(C)(C)OC(=O)N[C@H]1C[C@@H]1N.Cl. The second-order valence-corrected chi connectivity index (χ2v) is 4.15. The van der Waals surface area contributed by atoms with Crippen molar-refractivity contribution in [1.29, 1.82) is 0 Å². The summed E-state index contributed by atoms with van der Waals surface area (Å²) in [5.74, 6) is 0. The predicted molar refractivity (Wildman–Crippen MR) is 53.0 cm³/mol. The van der Waals surface area contributed by atoms with Gasteiger partial charge in [-0.25, -0.2) is 4.79 Å². The van der Waals surface area contributed by atoms with Crippen LogP contribution in [0, 0.1) is 0 Å². The molecule has 78 valence electrons. The first-order valence-corrected chi connectivity index (χ1v) is 4.13. The normalized spacial score (nSPS) is 25.8. The number of nitrogens with two attached hydrogens (primary N) is 1. The summed E-state index contributed by atoms with van der Waals surface area (Å²) in [6.07, 6.45) is 0.486. The van der Waals surface area contributed by atoms with E-state index in [-0.39, 0.29) is 30.6 Å². The van der Waals surface area contributed by atoms with Crippen LogP contribution < -0.4 is 11.1 Å². The van der Waals surface area contributed by atoms with Gasteiger partial charge in [0.1, 0.15) is 5.60 Å². The minimum atomic E-state index is -0.428. The largest absolute Gasteiger partial charge is 0.444 e. The Bertz CT molecular complexity index is 191. The van der Waals surface area contributed by atoms with Crippen LogP contribution in [0.5, 0.6) is 0 Å². The summed E-state index contributed by atoms with van der Waals surface area (Å²) in [5, 5.41) is 2.67. The molecule has 0 aromatic rings. The molecule has 13 heavy (non-hydrogen) atoms. The zero-order valence-electron chi connectivity index (χ0n) is 8.16. The van der Waals surface area contributed by atoms with Gasteiger partial charge in [-0.05, 0) is 27.2 Å². The summed E-state index contributed by atoms with van der Waals surface area (Å²) in [6.45, 7) is 5.50. The van der Waals surface area contributed by atoms with Gasteiger partial charge in [0.15, 0.2) is 0 Å². The van der Waals surface area contributed by atoms with Crippen LogP contribution in [0.1, 0.15) is 27.2 Å². The van der Waals surface area contributed by atoms with E-state index in [9.17, 15) is 4.79 Å². The van der Waals surface area contributed by atoms with E-state index < -0.39 is 5.60 Å². The van der Waals surface area contributed by atoms with Gasteiger partial charge >= 0.3 is 6.09 Å². The molecule has 0 aliphatic heterocycles. The molecule has 0 radical (unpaired) electrons. The zero-order valence-corrected chi connectivity index (χ0v) is 8.98. The molecule has 5 heteroatoms. The highest BCUT2D eigenvalue weighted by atomic mass is 35.5.